The smallest absolute Gasteiger partial charge is 0.263 e. The maximum atomic E-state index is 12.8. The van der Waals surface area contributed by atoms with Crippen molar-refractivity contribution >= 4 is 57.6 Å². The Morgan fingerprint density at radius 2 is 1.96 bits per heavy atom. The van der Waals surface area contributed by atoms with Crippen molar-refractivity contribution in [2.45, 2.75) is 14.4 Å². The maximum Gasteiger partial charge on any atom is 0.263 e. The summed E-state index contributed by atoms with van der Waals surface area (Å²) in [5.41, 5.74) is 2.43. The van der Waals surface area contributed by atoms with Gasteiger partial charge in [-0.05, 0) is 41.6 Å². The molecule has 2 heterocycles. The number of thioether (sulfide) groups is 1. The van der Waals surface area contributed by atoms with Gasteiger partial charge in [0.15, 0.2) is 4.34 Å². The summed E-state index contributed by atoms with van der Waals surface area (Å²) in [4.78, 5) is 20.8. The van der Waals surface area contributed by atoms with Crippen LogP contribution in [0.1, 0.15) is 0 Å². The zero-order valence-electron chi connectivity index (χ0n) is 13.5. The van der Waals surface area contributed by atoms with E-state index in [1.165, 1.54) is 35.1 Å². The van der Waals surface area contributed by atoms with Crippen LogP contribution < -0.4 is 5.56 Å². The number of nitrogens with one attached hydrogen (secondary N) is 1. The zero-order valence-corrected chi connectivity index (χ0v) is 16.7. The molecule has 0 fully saturated rings. The highest BCUT2D eigenvalue weighted by molar-refractivity contribution is 8.01. The van der Waals surface area contributed by atoms with Gasteiger partial charge in [0.2, 0.25) is 5.16 Å². The van der Waals surface area contributed by atoms with E-state index in [0.717, 1.165) is 26.4 Å². The number of H-pyrrole nitrogens is 1. The maximum absolute atomic E-state index is 12.8. The molecule has 0 saturated carbocycles. The molecular formula is C18H12ClN3OS3. The molecule has 0 amide bonds. The Labute approximate surface area is 167 Å². The van der Waals surface area contributed by atoms with Gasteiger partial charge in [-0.25, -0.2) is 4.98 Å². The van der Waals surface area contributed by atoms with E-state index in [4.69, 9.17) is 11.6 Å². The first-order chi connectivity index (χ1) is 12.7. The predicted molar refractivity (Wildman–Crippen MR) is 111 cm³/mol. The molecule has 8 heteroatoms. The highest BCUT2D eigenvalue weighted by Crippen LogP contribution is 2.39. The Balaban J connectivity index is 1.98. The number of benzene rings is 2. The molecule has 2 aromatic heterocycles. The van der Waals surface area contributed by atoms with E-state index in [9.17, 15) is 4.79 Å². The van der Waals surface area contributed by atoms with Gasteiger partial charge in [0, 0.05) is 21.5 Å². The van der Waals surface area contributed by atoms with Crippen molar-refractivity contribution in [3.05, 3.63) is 63.9 Å². The van der Waals surface area contributed by atoms with Gasteiger partial charge in [0.05, 0.1) is 4.90 Å². The first-order valence-corrected chi connectivity index (χ1v) is 10.8. The van der Waals surface area contributed by atoms with Crippen molar-refractivity contribution in [3.8, 4) is 11.1 Å². The van der Waals surface area contributed by atoms with Gasteiger partial charge in [-0.2, -0.15) is 4.37 Å². The fraction of sp³-hybridized carbons (Fsp3) is 0.0556. The van der Waals surface area contributed by atoms with Gasteiger partial charge < -0.3 is 4.98 Å². The van der Waals surface area contributed by atoms with Crippen molar-refractivity contribution in [2.75, 3.05) is 6.26 Å². The van der Waals surface area contributed by atoms with Crippen molar-refractivity contribution in [1.29, 1.82) is 0 Å². The van der Waals surface area contributed by atoms with Crippen LogP contribution in [0.3, 0.4) is 0 Å². The van der Waals surface area contributed by atoms with Crippen LogP contribution in [0.2, 0.25) is 5.02 Å². The molecule has 0 aliphatic carbocycles. The second-order valence-electron chi connectivity index (χ2n) is 5.36. The Bertz CT molecular complexity index is 1140. The minimum absolute atomic E-state index is 0.149. The lowest BCUT2D eigenvalue weighted by Crippen LogP contribution is -2.10. The zero-order chi connectivity index (χ0) is 18.1. The standard InChI is InChI=1S/C18H12ClN3OS3/c1-24-17-21-18(26-22-17)25-15-14(10-5-3-2-4-6-10)12-9-11(19)7-8-13(12)20-16(15)23/h2-9H,1H3,(H,20,23). The van der Waals surface area contributed by atoms with Gasteiger partial charge in [0.1, 0.15) is 0 Å². The quantitative estimate of drug-likeness (QED) is 0.439. The number of aromatic nitrogens is 3. The topological polar surface area (TPSA) is 58.6 Å². The first kappa shape index (κ1) is 17.6. The van der Waals surface area contributed by atoms with E-state index in [2.05, 4.69) is 14.3 Å². The third-order valence-electron chi connectivity index (χ3n) is 3.76. The van der Waals surface area contributed by atoms with Gasteiger partial charge in [-0.3, -0.25) is 4.79 Å². The summed E-state index contributed by atoms with van der Waals surface area (Å²) in [6.45, 7) is 0. The van der Waals surface area contributed by atoms with Crippen molar-refractivity contribution in [1.82, 2.24) is 14.3 Å². The fourth-order valence-corrected chi connectivity index (χ4v) is 5.14. The van der Waals surface area contributed by atoms with Gasteiger partial charge in [-0.1, -0.05) is 65.5 Å². The molecular weight excluding hydrogens is 406 g/mol. The number of hydrogen-bond acceptors (Lipinski definition) is 6. The number of pyridine rings is 1. The summed E-state index contributed by atoms with van der Waals surface area (Å²) in [5, 5.41) is 2.23. The summed E-state index contributed by atoms with van der Waals surface area (Å²) >= 11 is 10.3. The summed E-state index contributed by atoms with van der Waals surface area (Å²) < 4.78 is 5.01. The lowest BCUT2D eigenvalue weighted by atomic mass is 10.0. The summed E-state index contributed by atoms with van der Waals surface area (Å²) in [7, 11) is 0. The number of halogens is 1. The molecule has 4 aromatic rings. The molecule has 0 bridgehead atoms. The monoisotopic (exact) mass is 417 g/mol. The number of hydrogen-bond donors (Lipinski definition) is 1. The minimum atomic E-state index is -0.149. The number of fused-ring (bicyclic) bond motifs is 1. The summed E-state index contributed by atoms with van der Waals surface area (Å²) in [6, 6.07) is 15.3. The normalized spacial score (nSPS) is 11.2. The Kier molecular flexibility index (Phi) is 5.04. The Morgan fingerprint density at radius 1 is 1.15 bits per heavy atom. The van der Waals surface area contributed by atoms with Crippen LogP contribution in [0, 0.1) is 0 Å². The van der Waals surface area contributed by atoms with E-state index in [-0.39, 0.29) is 5.56 Å². The lowest BCUT2D eigenvalue weighted by Gasteiger charge is -2.12. The number of rotatable bonds is 4. The predicted octanol–water partition coefficient (Wildman–Crippen LogP) is 5.57. The fourth-order valence-electron chi connectivity index (χ4n) is 2.64. The van der Waals surface area contributed by atoms with Gasteiger partial charge in [-0.15, -0.1) is 0 Å². The van der Waals surface area contributed by atoms with Gasteiger partial charge >= 0.3 is 0 Å². The molecule has 4 nitrogen and oxygen atoms in total. The third kappa shape index (κ3) is 3.40. The number of aromatic amines is 1. The Hall–Kier alpha value is -1.80. The average Bonchev–Trinajstić information content (AvgIpc) is 3.11. The van der Waals surface area contributed by atoms with Crippen LogP contribution in [-0.4, -0.2) is 20.6 Å². The SMILES string of the molecule is CSc1nsc(Sc2c(-c3ccccc3)c3cc(Cl)ccc3[nH]c2=O)n1. The summed E-state index contributed by atoms with van der Waals surface area (Å²) in [6.07, 6.45) is 1.93. The minimum Gasteiger partial charge on any atom is -0.321 e. The third-order valence-corrected chi connectivity index (χ3v) is 6.50. The largest absolute Gasteiger partial charge is 0.321 e. The Morgan fingerprint density at radius 3 is 2.69 bits per heavy atom. The second kappa shape index (κ2) is 7.44. The molecule has 130 valence electrons. The van der Waals surface area contributed by atoms with Crippen molar-refractivity contribution < 1.29 is 0 Å². The second-order valence-corrected chi connectivity index (χ2v) is 8.58. The van der Waals surface area contributed by atoms with Crippen LogP contribution in [-0.2, 0) is 0 Å². The molecule has 4 rings (SSSR count). The molecule has 0 saturated heterocycles. The molecule has 0 spiro atoms. The molecule has 0 atom stereocenters. The lowest BCUT2D eigenvalue weighted by molar-refractivity contribution is 1.02. The molecule has 0 unspecified atom stereocenters. The van der Waals surface area contributed by atoms with Crippen LogP contribution in [0.4, 0.5) is 0 Å². The average molecular weight is 418 g/mol. The molecule has 1 N–H and O–H groups in total. The van der Waals surface area contributed by atoms with Crippen molar-refractivity contribution in [3.63, 3.8) is 0 Å². The highest BCUT2D eigenvalue weighted by atomic mass is 35.5. The van der Waals surface area contributed by atoms with Gasteiger partial charge in [0.25, 0.3) is 5.56 Å². The van der Waals surface area contributed by atoms with E-state index in [1.54, 1.807) is 6.07 Å². The van der Waals surface area contributed by atoms with Crippen LogP contribution in [0.25, 0.3) is 22.0 Å². The molecule has 0 aliphatic rings. The molecule has 0 radical (unpaired) electrons. The molecule has 26 heavy (non-hydrogen) atoms. The number of nitrogens with zero attached hydrogens (tertiary/aromatic N) is 2. The van der Waals surface area contributed by atoms with E-state index in [1.807, 2.05) is 48.7 Å². The van der Waals surface area contributed by atoms with E-state index >= 15 is 0 Å². The van der Waals surface area contributed by atoms with Crippen molar-refractivity contribution in [2.24, 2.45) is 0 Å². The summed E-state index contributed by atoms with van der Waals surface area (Å²) in [5.74, 6) is 0. The molecule has 2 aromatic carbocycles. The van der Waals surface area contributed by atoms with Crippen LogP contribution in [0.5, 0.6) is 0 Å². The highest BCUT2D eigenvalue weighted by Gasteiger charge is 2.18. The first-order valence-electron chi connectivity index (χ1n) is 7.62. The van der Waals surface area contributed by atoms with Crippen LogP contribution in [0.15, 0.2) is 67.7 Å². The van der Waals surface area contributed by atoms with E-state index < -0.39 is 0 Å². The van der Waals surface area contributed by atoms with Crippen LogP contribution >= 0.6 is 46.7 Å². The van der Waals surface area contributed by atoms with E-state index in [0.29, 0.717) is 15.1 Å². The molecule has 0 aliphatic heterocycles.